The van der Waals surface area contributed by atoms with Gasteiger partial charge in [-0.25, -0.2) is 8.78 Å². The fourth-order valence-electron chi connectivity index (χ4n) is 4.68. The molecule has 0 unspecified atom stereocenters. The third kappa shape index (κ3) is 6.49. The van der Waals surface area contributed by atoms with Gasteiger partial charge in [0.2, 0.25) is 5.91 Å². The first-order valence-corrected chi connectivity index (χ1v) is 11.8. The van der Waals surface area contributed by atoms with Crippen LogP contribution in [-0.2, 0) is 24.2 Å². The molecule has 2 atom stereocenters. The van der Waals surface area contributed by atoms with E-state index in [1.165, 1.54) is 17.2 Å². The minimum atomic E-state index is -0.895. The standard InChI is InChI=1S/C28H31F2N3O/c29-26-12-11-23(17-27(26)30)15-24(31)18-28(34)33-14-13-32(19-22-9-5-2-6-10-22)20-25(33)16-21-7-3-1-4-8-21/h1-12,17,24-25H,13-16,18-20,31H2/t24-,25-/m1/s1. The molecular weight excluding hydrogens is 432 g/mol. The molecule has 3 aromatic rings. The van der Waals surface area contributed by atoms with E-state index in [-0.39, 0.29) is 18.4 Å². The Kier molecular flexibility index (Phi) is 8.03. The van der Waals surface area contributed by atoms with Crippen LogP contribution < -0.4 is 5.73 Å². The largest absolute Gasteiger partial charge is 0.337 e. The molecule has 1 heterocycles. The molecule has 0 radical (unpaired) electrons. The van der Waals surface area contributed by atoms with Crippen LogP contribution >= 0.6 is 0 Å². The van der Waals surface area contributed by atoms with Crippen molar-refractivity contribution in [2.75, 3.05) is 19.6 Å². The molecule has 3 aromatic carbocycles. The molecule has 4 rings (SSSR count). The summed E-state index contributed by atoms with van der Waals surface area (Å²) in [7, 11) is 0. The third-order valence-electron chi connectivity index (χ3n) is 6.37. The van der Waals surface area contributed by atoms with Crippen LogP contribution in [-0.4, -0.2) is 47.4 Å². The highest BCUT2D eigenvalue weighted by Crippen LogP contribution is 2.19. The predicted octanol–water partition coefficient (Wildman–Crippen LogP) is 4.18. The molecule has 178 valence electrons. The molecule has 34 heavy (non-hydrogen) atoms. The van der Waals surface area contributed by atoms with E-state index in [9.17, 15) is 13.6 Å². The van der Waals surface area contributed by atoms with Crippen LogP contribution in [0.2, 0.25) is 0 Å². The topological polar surface area (TPSA) is 49.6 Å². The molecule has 2 N–H and O–H groups in total. The van der Waals surface area contributed by atoms with Crippen LogP contribution in [0.5, 0.6) is 0 Å². The number of rotatable bonds is 8. The Morgan fingerprint density at radius 2 is 1.56 bits per heavy atom. The number of halogens is 2. The van der Waals surface area contributed by atoms with Gasteiger partial charge in [-0.1, -0.05) is 66.7 Å². The van der Waals surface area contributed by atoms with Crippen molar-refractivity contribution in [3.63, 3.8) is 0 Å². The summed E-state index contributed by atoms with van der Waals surface area (Å²) >= 11 is 0. The molecule has 0 saturated carbocycles. The lowest BCUT2D eigenvalue weighted by Gasteiger charge is -2.42. The second-order valence-electron chi connectivity index (χ2n) is 9.07. The van der Waals surface area contributed by atoms with Gasteiger partial charge in [0.05, 0.1) is 0 Å². The summed E-state index contributed by atoms with van der Waals surface area (Å²) in [5.74, 6) is -1.77. The zero-order valence-corrected chi connectivity index (χ0v) is 19.2. The minimum absolute atomic E-state index is 0.00961. The summed E-state index contributed by atoms with van der Waals surface area (Å²) in [6.45, 7) is 3.07. The molecular formula is C28H31F2N3O. The average molecular weight is 464 g/mol. The van der Waals surface area contributed by atoms with Crippen molar-refractivity contribution in [1.82, 2.24) is 9.80 Å². The number of amides is 1. The Bertz CT molecular complexity index is 1080. The van der Waals surface area contributed by atoms with Crippen molar-refractivity contribution in [3.05, 3.63) is 107 Å². The van der Waals surface area contributed by atoms with E-state index in [4.69, 9.17) is 5.73 Å². The molecule has 1 aliphatic rings. The highest BCUT2D eigenvalue weighted by molar-refractivity contribution is 5.77. The van der Waals surface area contributed by atoms with Gasteiger partial charge >= 0.3 is 0 Å². The number of piperazine rings is 1. The fraction of sp³-hybridized carbons (Fsp3) is 0.321. The summed E-state index contributed by atoms with van der Waals surface area (Å²) in [6.07, 6.45) is 1.26. The summed E-state index contributed by atoms with van der Waals surface area (Å²) in [5, 5.41) is 0. The van der Waals surface area contributed by atoms with Crippen molar-refractivity contribution in [2.24, 2.45) is 5.73 Å². The number of nitrogens with zero attached hydrogens (tertiary/aromatic N) is 2. The van der Waals surface area contributed by atoms with Gasteiger partial charge in [-0.3, -0.25) is 9.69 Å². The molecule has 1 aliphatic heterocycles. The Hall–Kier alpha value is -3.09. The van der Waals surface area contributed by atoms with Gasteiger partial charge in [0.1, 0.15) is 0 Å². The summed E-state index contributed by atoms with van der Waals surface area (Å²) in [6, 6.07) is 23.9. The van der Waals surface area contributed by atoms with Crippen molar-refractivity contribution in [2.45, 2.75) is 37.9 Å². The molecule has 1 amide bonds. The number of hydrogen-bond donors (Lipinski definition) is 1. The molecule has 0 aliphatic carbocycles. The van der Waals surface area contributed by atoms with E-state index in [1.807, 2.05) is 41.3 Å². The van der Waals surface area contributed by atoms with Crippen molar-refractivity contribution >= 4 is 5.91 Å². The molecule has 0 aromatic heterocycles. The van der Waals surface area contributed by atoms with Crippen molar-refractivity contribution < 1.29 is 13.6 Å². The smallest absolute Gasteiger partial charge is 0.224 e. The van der Waals surface area contributed by atoms with Gasteiger partial charge in [0.15, 0.2) is 11.6 Å². The number of carbonyl (C=O) groups is 1. The zero-order valence-electron chi connectivity index (χ0n) is 19.2. The number of hydrogen-bond acceptors (Lipinski definition) is 3. The number of benzene rings is 3. The van der Waals surface area contributed by atoms with Gasteiger partial charge < -0.3 is 10.6 Å². The lowest BCUT2D eigenvalue weighted by Crippen LogP contribution is -2.56. The quantitative estimate of drug-likeness (QED) is 0.545. The molecule has 4 nitrogen and oxygen atoms in total. The second kappa shape index (κ2) is 11.4. The summed E-state index contributed by atoms with van der Waals surface area (Å²) in [4.78, 5) is 17.6. The van der Waals surface area contributed by atoms with Gasteiger partial charge in [-0.15, -0.1) is 0 Å². The maximum atomic E-state index is 13.5. The molecule has 0 bridgehead atoms. The van der Waals surface area contributed by atoms with Crippen LogP contribution in [0, 0.1) is 11.6 Å². The summed E-state index contributed by atoms with van der Waals surface area (Å²) < 4.78 is 26.7. The monoisotopic (exact) mass is 463 g/mol. The van der Waals surface area contributed by atoms with Gasteiger partial charge in [-0.05, 0) is 41.7 Å². The Balaban J connectivity index is 1.42. The Labute approximate surface area is 200 Å². The number of nitrogens with two attached hydrogens (primary N) is 1. The van der Waals surface area contributed by atoms with E-state index >= 15 is 0 Å². The van der Waals surface area contributed by atoms with Crippen LogP contribution in [0.1, 0.15) is 23.1 Å². The van der Waals surface area contributed by atoms with E-state index in [2.05, 4.69) is 29.2 Å². The maximum Gasteiger partial charge on any atom is 0.224 e. The van der Waals surface area contributed by atoms with Crippen LogP contribution in [0.15, 0.2) is 78.9 Å². The van der Waals surface area contributed by atoms with Crippen molar-refractivity contribution in [3.8, 4) is 0 Å². The van der Waals surface area contributed by atoms with Crippen LogP contribution in [0.4, 0.5) is 8.78 Å². The van der Waals surface area contributed by atoms with Crippen molar-refractivity contribution in [1.29, 1.82) is 0 Å². The Morgan fingerprint density at radius 3 is 2.24 bits per heavy atom. The Morgan fingerprint density at radius 1 is 0.882 bits per heavy atom. The molecule has 1 fully saturated rings. The van der Waals surface area contributed by atoms with Gasteiger partial charge in [0, 0.05) is 44.7 Å². The van der Waals surface area contributed by atoms with Crippen LogP contribution in [0.3, 0.4) is 0 Å². The second-order valence-corrected chi connectivity index (χ2v) is 9.07. The average Bonchev–Trinajstić information content (AvgIpc) is 2.83. The van der Waals surface area contributed by atoms with Crippen LogP contribution in [0.25, 0.3) is 0 Å². The summed E-state index contributed by atoms with van der Waals surface area (Å²) in [5.41, 5.74) is 9.30. The molecule has 6 heteroatoms. The van der Waals surface area contributed by atoms with Gasteiger partial charge in [-0.2, -0.15) is 0 Å². The van der Waals surface area contributed by atoms with Gasteiger partial charge in [0.25, 0.3) is 0 Å². The lowest BCUT2D eigenvalue weighted by atomic mass is 9.99. The van der Waals surface area contributed by atoms with E-state index < -0.39 is 17.7 Å². The maximum absolute atomic E-state index is 13.5. The SMILES string of the molecule is N[C@@H](CC(=O)N1CCN(Cc2ccccc2)C[C@H]1Cc1ccccc1)Cc1ccc(F)c(F)c1. The molecule has 0 spiro atoms. The normalized spacial score (nSPS) is 17.5. The molecule has 1 saturated heterocycles. The minimum Gasteiger partial charge on any atom is -0.337 e. The fourth-order valence-corrected chi connectivity index (χ4v) is 4.68. The predicted molar refractivity (Wildman–Crippen MR) is 130 cm³/mol. The zero-order chi connectivity index (χ0) is 23.9. The lowest BCUT2D eigenvalue weighted by molar-refractivity contribution is -0.136. The highest BCUT2D eigenvalue weighted by atomic mass is 19.2. The first-order valence-electron chi connectivity index (χ1n) is 11.8. The first-order chi connectivity index (χ1) is 16.5. The van der Waals surface area contributed by atoms with E-state index in [0.29, 0.717) is 18.5 Å². The number of carbonyl (C=O) groups excluding carboxylic acids is 1. The third-order valence-corrected chi connectivity index (χ3v) is 6.37. The highest BCUT2D eigenvalue weighted by Gasteiger charge is 2.31. The van der Waals surface area contributed by atoms with E-state index in [0.717, 1.165) is 38.2 Å². The first kappa shape index (κ1) is 24.0. The van der Waals surface area contributed by atoms with E-state index in [1.54, 1.807) is 0 Å².